The zero-order valence-electron chi connectivity index (χ0n) is 11.9. The third-order valence-corrected chi connectivity index (χ3v) is 3.71. The lowest BCUT2D eigenvalue weighted by Gasteiger charge is -2.01. The van der Waals surface area contributed by atoms with Crippen molar-refractivity contribution in [2.24, 2.45) is 0 Å². The van der Waals surface area contributed by atoms with Crippen LogP contribution in [0.4, 0.5) is 0 Å². The molecule has 0 aliphatic rings. The number of nitrogens with zero attached hydrogens (tertiary/aromatic N) is 1. The van der Waals surface area contributed by atoms with Crippen molar-refractivity contribution in [3.05, 3.63) is 42.2 Å². The van der Waals surface area contributed by atoms with Crippen LogP contribution in [0.25, 0.3) is 0 Å². The van der Waals surface area contributed by atoms with Gasteiger partial charge in [0.15, 0.2) is 0 Å². The standard InChI is InChI=1S/C17H26BrN/c18-14-10-8-6-4-2-1-3-5-7-9-12-17-13-11-15-19-16-17/h6,8,11,13,15-16H,1-5,7,9-10,12,14H2/b8-6+. The zero-order chi connectivity index (χ0) is 13.6. The monoisotopic (exact) mass is 323 g/mol. The smallest absolute Gasteiger partial charge is 0.0299 e. The third-order valence-electron chi connectivity index (χ3n) is 3.25. The summed E-state index contributed by atoms with van der Waals surface area (Å²) < 4.78 is 0. The topological polar surface area (TPSA) is 12.9 Å². The van der Waals surface area contributed by atoms with Crippen LogP contribution >= 0.6 is 15.9 Å². The van der Waals surface area contributed by atoms with Gasteiger partial charge in [-0.25, -0.2) is 0 Å². The molecule has 106 valence electrons. The van der Waals surface area contributed by atoms with Crippen molar-refractivity contribution in [3.63, 3.8) is 0 Å². The van der Waals surface area contributed by atoms with Crippen LogP contribution in [0.15, 0.2) is 36.7 Å². The normalized spacial score (nSPS) is 11.2. The molecule has 0 amide bonds. The Morgan fingerprint density at radius 2 is 1.68 bits per heavy atom. The lowest BCUT2D eigenvalue weighted by atomic mass is 10.1. The summed E-state index contributed by atoms with van der Waals surface area (Å²) in [5.41, 5.74) is 1.37. The molecule has 0 radical (unpaired) electrons. The molecule has 0 bridgehead atoms. The number of alkyl halides is 1. The Kier molecular flexibility index (Phi) is 10.7. The van der Waals surface area contributed by atoms with Gasteiger partial charge in [0.1, 0.15) is 0 Å². The minimum atomic E-state index is 1.08. The second-order valence-corrected chi connectivity index (χ2v) is 5.76. The van der Waals surface area contributed by atoms with Crippen LogP contribution in [0.5, 0.6) is 0 Å². The van der Waals surface area contributed by atoms with Crippen molar-refractivity contribution in [3.8, 4) is 0 Å². The summed E-state index contributed by atoms with van der Waals surface area (Å²) in [4.78, 5) is 4.15. The van der Waals surface area contributed by atoms with E-state index in [0.29, 0.717) is 0 Å². The van der Waals surface area contributed by atoms with E-state index in [0.717, 1.165) is 11.8 Å². The van der Waals surface area contributed by atoms with E-state index in [-0.39, 0.29) is 0 Å². The van der Waals surface area contributed by atoms with Crippen molar-refractivity contribution in [2.75, 3.05) is 5.33 Å². The van der Waals surface area contributed by atoms with E-state index in [1.165, 1.54) is 56.9 Å². The van der Waals surface area contributed by atoms with Gasteiger partial charge in [-0.1, -0.05) is 59.8 Å². The Hall–Kier alpha value is -0.630. The lowest BCUT2D eigenvalue weighted by molar-refractivity contribution is 0.596. The molecule has 1 aromatic rings. The Bertz CT molecular complexity index is 321. The SMILES string of the molecule is BrCC/C=C/CCCCCCCCc1cccnc1. The number of halogens is 1. The number of hydrogen-bond donors (Lipinski definition) is 0. The molecule has 2 heteroatoms. The summed E-state index contributed by atoms with van der Waals surface area (Å²) in [6, 6.07) is 4.20. The molecule has 0 aromatic carbocycles. The van der Waals surface area contributed by atoms with E-state index >= 15 is 0 Å². The molecule has 0 atom stereocenters. The molecule has 0 fully saturated rings. The number of aryl methyl sites for hydroxylation is 1. The summed E-state index contributed by atoms with van der Waals surface area (Å²) in [6.07, 6.45) is 20.2. The molecule has 0 saturated heterocycles. The van der Waals surface area contributed by atoms with Gasteiger partial charge in [0.05, 0.1) is 0 Å². The van der Waals surface area contributed by atoms with Gasteiger partial charge in [0.25, 0.3) is 0 Å². The maximum absolute atomic E-state index is 4.15. The third kappa shape index (κ3) is 9.89. The molecule has 0 N–H and O–H groups in total. The fraction of sp³-hybridized carbons (Fsp3) is 0.588. The summed E-state index contributed by atoms with van der Waals surface area (Å²) in [7, 11) is 0. The van der Waals surface area contributed by atoms with Gasteiger partial charge >= 0.3 is 0 Å². The van der Waals surface area contributed by atoms with E-state index in [9.17, 15) is 0 Å². The second kappa shape index (κ2) is 12.4. The van der Waals surface area contributed by atoms with Gasteiger partial charge in [-0.2, -0.15) is 0 Å². The molecular weight excluding hydrogens is 298 g/mol. The second-order valence-electron chi connectivity index (χ2n) is 4.97. The maximum Gasteiger partial charge on any atom is 0.0299 e. The highest BCUT2D eigenvalue weighted by molar-refractivity contribution is 9.09. The van der Waals surface area contributed by atoms with Gasteiger partial charge in [0.2, 0.25) is 0 Å². The van der Waals surface area contributed by atoms with E-state index in [1.54, 1.807) is 0 Å². The van der Waals surface area contributed by atoms with Crippen LogP contribution in [0, 0.1) is 0 Å². The van der Waals surface area contributed by atoms with E-state index in [4.69, 9.17) is 0 Å². The van der Waals surface area contributed by atoms with Crippen LogP contribution in [0.2, 0.25) is 0 Å². The highest BCUT2D eigenvalue weighted by atomic mass is 79.9. The summed E-state index contributed by atoms with van der Waals surface area (Å²) in [6.45, 7) is 0. The largest absolute Gasteiger partial charge is 0.264 e. The highest BCUT2D eigenvalue weighted by Gasteiger charge is 1.93. The number of hydrogen-bond acceptors (Lipinski definition) is 1. The van der Waals surface area contributed by atoms with Gasteiger partial charge in [0, 0.05) is 17.7 Å². The molecule has 1 aromatic heterocycles. The van der Waals surface area contributed by atoms with Crippen molar-refractivity contribution >= 4 is 15.9 Å². The van der Waals surface area contributed by atoms with Crippen LogP contribution < -0.4 is 0 Å². The Labute approximate surface area is 126 Å². The predicted octanol–water partition coefficient (Wildman–Crippen LogP) is 5.70. The van der Waals surface area contributed by atoms with Crippen molar-refractivity contribution < 1.29 is 0 Å². The summed E-state index contributed by atoms with van der Waals surface area (Å²) in [5.74, 6) is 0. The zero-order valence-corrected chi connectivity index (χ0v) is 13.4. The van der Waals surface area contributed by atoms with Crippen molar-refractivity contribution in [1.29, 1.82) is 0 Å². The average molecular weight is 324 g/mol. The molecule has 0 aliphatic heterocycles. The van der Waals surface area contributed by atoms with Gasteiger partial charge in [-0.3, -0.25) is 4.98 Å². The number of allylic oxidation sites excluding steroid dienone is 2. The highest BCUT2D eigenvalue weighted by Crippen LogP contribution is 2.10. The lowest BCUT2D eigenvalue weighted by Crippen LogP contribution is -1.87. The van der Waals surface area contributed by atoms with Crippen LogP contribution in [0.1, 0.15) is 56.9 Å². The van der Waals surface area contributed by atoms with Crippen molar-refractivity contribution in [1.82, 2.24) is 4.98 Å². The fourth-order valence-electron chi connectivity index (χ4n) is 2.14. The summed E-state index contributed by atoms with van der Waals surface area (Å²) >= 11 is 3.43. The average Bonchev–Trinajstić information content (AvgIpc) is 2.46. The minimum absolute atomic E-state index is 1.08. The van der Waals surface area contributed by atoms with Crippen LogP contribution in [-0.4, -0.2) is 10.3 Å². The minimum Gasteiger partial charge on any atom is -0.264 e. The molecule has 1 rings (SSSR count). The van der Waals surface area contributed by atoms with E-state index < -0.39 is 0 Å². The first-order valence-electron chi connectivity index (χ1n) is 7.53. The summed E-state index contributed by atoms with van der Waals surface area (Å²) in [5, 5.41) is 1.08. The molecule has 1 nitrogen and oxygen atoms in total. The molecule has 1 heterocycles. The van der Waals surface area contributed by atoms with Crippen molar-refractivity contribution in [2.45, 2.75) is 57.8 Å². The Morgan fingerprint density at radius 3 is 2.42 bits per heavy atom. The van der Waals surface area contributed by atoms with Gasteiger partial charge < -0.3 is 0 Å². The Balaban J connectivity index is 1.84. The fourth-order valence-corrected chi connectivity index (χ4v) is 2.41. The number of pyridine rings is 1. The first-order chi connectivity index (χ1) is 9.43. The quantitative estimate of drug-likeness (QED) is 0.289. The van der Waals surface area contributed by atoms with Crippen LogP contribution in [0.3, 0.4) is 0 Å². The first kappa shape index (κ1) is 16.4. The predicted molar refractivity (Wildman–Crippen MR) is 87.8 cm³/mol. The first-order valence-corrected chi connectivity index (χ1v) is 8.65. The van der Waals surface area contributed by atoms with E-state index in [1.807, 2.05) is 18.5 Å². The maximum atomic E-state index is 4.15. The van der Waals surface area contributed by atoms with Crippen LogP contribution in [-0.2, 0) is 6.42 Å². The molecule has 19 heavy (non-hydrogen) atoms. The van der Waals surface area contributed by atoms with Gasteiger partial charge in [-0.05, 0) is 43.7 Å². The number of unbranched alkanes of at least 4 members (excludes halogenated alkanes) is 6. The molecular formula is C17H26BrN. The molecule has 0 saturated carbocycles. The molecule has 0 unspecified atom stereocenters. The Morgan fingerprint density at radius 1 is 0.947 bits per heavy atom. The number of aromatic nitrogens is 1. The molecule has 0 spiro atoms. The van der Waals surface area contributed by atoms with Gasteiger partial charge in [-0.15, -0.1) is 0 Å². The number of rotatable bonds is 11. The molecule has 0 aliphatic carbocycles. The van der Waals surface area contributed by atoms with E-state index in [2.05, 4.69) is 39.1 Å².